The third-order valence-corrected chi connectivity index (χ3v) is 4.54. The quantitative estimate of drug-likeness (QED) is 0.700. The monoisotopic (exact) mass is 354 g/mol. The van der Waals surface area contributed by atoms with Crippen molar-refractivity contribution in [3.63, 3.8) is 0 Å². The minimum absolute atomic E-state index is 0.0516. The zero-order valence-electron chi connectivity index (χ0n) is 14.5. The molecule has 7 heteroatoms. The zero-order valence-corrected chi connectivity index (χ0v) is 14.5. The summed E-state index contributed by atoms with van der Waals surface area (Å²) in [5.41, 5.74) is 0.489. The fourth-order valence-corrected chi connectivity index (χ4v) is 2.99. The van der Waals surface area contributed by atoms with Crippen LogP contribution in [0.15, 0.2) is 34.5 Å². The number of carbonyl (C=O) groups is 2. The first-order valence-corrected chi connectivity index (χ1v) is 8.77. The fraction of sp³-hybridized carbons (Fsp3) is 0.474. The molecule has 0 saturated heterocycles. The summed E-state index contributed by atoms with van der Waals surface area (Å²) in [6, 6.07) is 7.55. The maximum absolute atomic E-state index is 12.2. The highest BCUT2D eigenvalue weighted by Crippen LogP contribution is 2.37. The third kappa shape index (κ3) is 4.60. The number of hydrogen-bond acceptors (Lipinski definition) is 5. The van der Waals surface area contributed by atoms with Crippen molar-refractivity contribution in [1.82, 2.24) is 10.6 Å². The highest BCUT2D eigenvalue weighted by atomic mass is 16.5. The average molecular weight is 354 g/mol. The first-order chi connectivity index (χ1) is 12.6. The summed E-state index contributed by atoms with van der Waals surface area (Å²) < 4.78 is 5.58. The van der Waals surface area contributed by atoms with Gasteiger partial charge in [-0.3, -0.25) is 9.59 Å². The number of benzene rings is 1. The normalized spacial score (nSPS) is 18.8. The number of nitrogens with one attached hydrogen (secondary N) is 2. The first kappa shape index (κ1) is 17.9. The van der Waals surface area contributed by atoms with Crippen molar-refractivity contribution in [2.45, 2.75) is 43.8 Å². The van der Waals surface area contributed by atoms with Gasteiger partial charge >= 0.3 is 0 Å². The second-order valence-corrected chi connectivity index (χ2v) is 6.46. The lowest BCUT2D eigenvalue weighted by atomic mass is 10.0. The molecule has 1 atom stereocenters. The van der Waals surface area contributed by atoms with Gasteiger partial charge in [0.25, 0.3) is 0 Å². The van der Waals surface area contributed by atoms with Crippen molar-refractivity contribution in [3.05, 3.63) is 29.8 Å². The van der Waals surface area contributed by atoms with Gasteiger partial charge in [-0.2, -0.15) is 10.2 Å². The molecule has 0 spiro atoms. The van der Waals surface area contributed by atoms with E-state index in [0.717, 1.165) is 11.3 Å². The van der Waals surface area contributed by atoms with Crippen LogP contribution in [0.4, 0.5) is 0 Å². The van der Waals surface area contributed by atoms with Crippen molar-refractivity contribution in [2.75, 3.05) is 13.2 Å². The predicted octanol–water partition coefficient (Wildman–Crippen LogP) is 2.10. The Morgan fingerprint density at radius 1 is 1.27 bits per heavy atom. The largest absolute Gasteiger partial charge is 0.493 e. The van der Waals surface area contributed by atoms with E-state index >= 15 is 0 Å². The molecular weight excluding hydrogens is 332 g/mol. The van der Waals surface area contributed by atoms with Gasteiger partial charge in [0.1, 0.15) is 5.75 Å². The Balaban J connectivity index is 1.39. The molecule has 0 aromatic heterocycles. The molecule has 2 aliphatic heterocycles. The van der Waals surface area contributed by atoms with Crippen LogP contribution >= 0.6 is 0 Å². The molecule has 0 bridgehead atoms. The van der Waals surface area contributed by atoms with E-state index in [4.69, 9.17) is 11.2 Å². The molecule has 2 aliphatic rings. The van der Waals surface area contributed by atoms with Crippen LogP contribution < -0.4 is 15.4 Å². The summed E-state index contributed by atoms with van der Waals surface area (Å²) in [6.07, 6.45) is 7.99. The van der Waals surface area contributed by atoms with Crippen molar-refractivity contribution in [2.24, 2.45) is 10.2 Å². The molecule has 1 aromatic rings. The fourth-order valence-electron chi connectivity index (χ4n) is 2.99. The Bertz CT molecular complexity index is 747. The SMILES string of the molecule is C#CCCC1(CCC(=O)NCC(=O)NC2CCOc3ccccc32)N=N1. The number of terminal acetylenes is 1. The Morgan fingerprint density at radius 2 is 2.08 bits per heavy atom. The van der Waals surface area contributed by atoms with E-state index in [1.807, 2.05) is 24.3 Å². The van der Waals surface area contributed by atoms with E-state index in [2.05, 4.69) is 26.8 Å². The van der Waals surface area contributed by atoms with Gasteiger partial charge in [-0.15, -0.1) is 12.3 Å². The Labute approximate surface area is 152 Å². The second-order valence-electron chi connectivity index (χ2n) is 6.46. The van der Waals surface area contributed by atoms with Crippen molar-refractivity contribution < 1.29 is 14.3 Å². The summed E-state index contributed by atoms with van der Waals surface area (Å²) in [4.78, 5) is 24.1. The molecular formula is C19H22N4O3. The molecule has 0 saturated carbocycles. The average Bonchev–Trinajstić information content (AvgIpc) is 3.44. The lowest BCUT2D eigenvalue weighted by Crippen LogP contribution is -2.40. The van der Waals surface area contributed by atoms with E-state index in [0.29, 0.717) is 32.3 Å². The number of rotatable bonds is 8. The number of hydrogen-bond donors (Lipinski definition) is 2. The topological polar surface area (TPSA) is 92.2 Å². The minimum atomic E-state index is -0.474. The van der Waals surface area contributed by atoms with Gasteiger partial charge in [-0.25, -0.2) is 0 Å². The lowest BCUT2D eigenvalue weighted by Gasteiger charge is -2.26. The smallest absolute Gasteiger partial charge is 0.239 e. The number of nitrogens with zero attached hydrogens (tertiary/aromatic N) is 2. The van der Waals surface area contributed by atoms with Crippen LogP contribution in [0.25, 0.3) is 0 Å². The molecule has 7 nitrogen and oxygen atoms in total. The van der Waals surface area contributed by atoms with Gasteiger partial charge in [-0.1, -0.05) is 18.2 Å². The van der Waals surface area contributed by atoms with Crippen LogP contribution in [-0.2, 0) is 9.59 Å². The second kappa shape index (κ2) is 8.00. The van der Waals surface area contributed by atoms with Crippen LogP contribution in [0.3, 0.4) is 0 Å². The lowest BCUT2D eigenvalue weighted by molar-refractivity contribution is -0.126. The standard InChI is InChI=1S/C19H22N4O3/c1-2-3-10-19(22-23-19)11-8-17(24)20-13-18(25)21-15-9-12-26-16-7-5-4-6-14(15)16/h1,4-7,15H,3,8-13H2,(H,20,24)(H,21,25). The molecule has 2 amide bonds. The summed E-state index contributed by atoms with van der Waals surface area (Å²) >= 11 is 0. The number of amides is 2. The van der Waals surface area contributed by atoms with E-state index < -0.39 is 5.66 Å². The van der Waals surface area contributed by atoms with Crippen LogP contribution in [0.1, 0.15) is 43.7 Å². The molecule has 136 valence electrons. The molecule has 2 N–H and O–H groups in total. The maximum Gasteiger partial charge on any atom is 0.239 e. The molecule has 26 heavy (non-hydrogen) atoms. The maximum atomic E-state index is 12.2. The van der Waals surface area contributed by atoms with Crippen LogP contribution in [0.5, 0.6) is 5.75 Å². The van der Waals surface area contributed by atoms with Crippen molar-refractivity contribution in [1.29, 1.82) is 0 Å². The molecule has 0 radical (unpaired) electrons. The Kier molecular flexibility index (Phi) is 5.52. The molecule has 3 rings (SSSR count). The number of fused-ring (bicyclic) bond motifs is 1. The summed E-state index contributed by atoms with van der Waals surface area (Å²) in [6.45, 7) is 0.505. The van der Waals surface area contributed by atoms with Gasteiger partial charge in [0.2, 0.25) is 11.8 Å². The highest BCUT2D eigenvalue weighted by Gasteiger charge is 2.39. The van der Waals surface area contributed by atoms with Crippen LogP contribution in [0.2, 0.25) is 0 Å². The Hall–Kier alpha value is -2.88. The van der Waals surface area contributed by atoms with Gasteiger partial charge in [-0.05, 0) is 6.07 Å². The molecule has 2 heterocycles. The predicted molar refractivity (Wildman–Crippen MR) is 95.3 cm³/mol. The van der Waals surface area contributed by atoms with Gasteiger partial charge in [0, 0.05) is 37.7 Å². The van der Waals surface area contributed by atoms with Crippen molar-refractivity contribution >= 4 is 11.8 Å². The summed E-state index contributed by atoms with van der Waals surface area (Å²) in [5, 5.41) is 13.6. The summed E-state index contributed by atoms with van der Waals surface area (Å²) in [7, 11) is 0. The molecule has 0 aliphatic carbocycles. The minimum Gasteiger partial charge on any atom is -0.493 e. The summed E-state index contributed by atoms with van der Waals surface area (Å²) in [5.74, 6) is 2.94. The number of ether oxygens (including phenoxy) is 1. The molecule has 1 aromatic carbocycles. The van der Waals surface area contributed by atoms with E-state index in [-0.39, 0.29) is 30.8 Å². The number of para-hydroxylation sites is 1. The van der Waals surface area contributed by atoms with E-state index in [1.54, 1.807) is 0 Å². The van der Waals surface area contributed by atoms with Gasteiger partial charge in [0.15, 0.2) is 5.66 Å². The van der Waals surface area contributed by atoms with Gasteiger partial charge < -0.3 is 15.4 Å². The molecule has 1 unspecified atom stereocenters. The van der Waals surface area contributed by atoms with Crippen molar-refractivity contribution in [3.8, 4) is 18.1 Å². The number of carbonyl (C=O) groups excluding carboxylic acids is 2. The van der Waals surface area contributed by atoms with Gasteiger partial charge in [0.05, 0.1) is 19.2 Å². The van der Waals surface area contributed by atoms with Crippen LogP contribution in [-0.4, -0.2) is 30.6 Å². The van der Waals surface area contributed by atoms with E-state index in [1.165, 1.54) is 0 Å². The third-order valence-electron chi connectivity index (χ3n) is 4.54. The Morgan fingerprint density at radius 3 is 2.85 bits per heavy atom. The first-order valence-electron chi connectivity index (χ1n) is 8.77. The van der Waals surface area contributed by atoms with E-state index in [9.17, 15) is 9.59 Å². The molecule has 0 fully saturated rings. The zero-order chi connectivity index (χ0) is 18.4. The highest BCUT2D eigenvalue weighted by molar-refractivity contribution is 5.85. The van der Waals surface area contributed by atoms with Crippen LogP contribution in [0, 0.1) is 12.3 Å².